The maximum atomic E-state index is 11.4. The molecule has 1 saturated carbocycles. The molecule has 0 atom stereocenters. The number of hydrogen-bond acceptors (Lipinski definition) is 4. The molecule has 16 heavy (non-hydrogen) atoms. The predicted octanol–water partition coefficient (Wildman–Crippen LogP) is -0.711. The summed E-state index contributed by atoms with van der Waals surface area (Å²) in [5, 5.41) is 13.4. The molecule has 1 fully saturated rings. The molecule has 0 unspecified atom stereocenters. The zero-order chi connectivity index (χ0) is 12.0. The summed E-state index contributed by atoms with van der Waals surface area (Å²) in [6.45, 7) is 0.675. The Morgan fingerprint density at radius 2 is 2.12 bits per heavy atom. The van der Waals surface area contributed by atoms with E-state index in [0.717, 1.165) is 12.8 Å². The number of carbonyl (C=O) groups is 2. The smallest absolute Gasteiger partial charge is 0.321 e. The van der Waals surface area contributed by atoms with Crippen LogP contribution in [0.5, 0.6) is 0 Å². The van der Waals surface area contributed by atoms with E-state index in [1.165, 1.54) is 13.5 Å². The van der Waals surface area contributed by atoms with Crippen molar-refractivity contribution >= 4 is 11.9 Å². The highest BCUT2D eigenvalue weighted by Gasteiger charge is 2.26. The van der Waals surface area contributed by atoms with Crippen molar-refractivity contribution in [3.05, 3.63) is 0 Å². The molecule has 0 bridgehead atoms. The van der Waals surface area contributed by atoms with Gasteiger partial charge in [-0.3, -0.25) is 15.0 Å². The predicted molar refractivity (Wildman–Crippen MR) is 58.9 cm³/mol. The molecular weight excluding hydrogens is 210 g/mol. The van der Waals surface area contributed by atoms with Gasteiger partial charge < -0.3 is 10.4 Å². The lowest BCUT2D eigenvalue weighted by Crippen LogP contribution is -2.49. The lowest BCUT2D eigenvalue weighted by molar-refractivity contribution is -0.122. The van der Waals surface area contributed by atoms with Gasteiger partial charge in [0.15, 0.2) is 0 Å². The molecule has 0 aromatic carbocycles. The zero-order valence-electron chi connectivity index (χ0n) is 9.53. The summed E-state index contributed by atoms with van der Waals surface area (Å²) in [7, 11) is 1.46. The molecule has 0 aliphatic heterocycles. The Bertz CT molecular complexity index is 254. The van der Waals surface area contributed by atoms with Crippen molar-refractivity contribution < 1.29 is 14.7 Å². The van der Waals surface area contributed by atoms with Crippen molar-refractivity contribution in [3.8, 4) is 0 Å². The van der Waals surface area contributed by atoms with Gasteiger partial charge in [-0.2, -0.15) is 0 Å². The number of rotatable bonds is 5. The second kappa shape index (κ2) is 6.44. The van der Waals surface area contributed by atoms with E-state index in [0.29, 0.717) is 12.6 Å². The van der Waals surface area contributed by atoms with Gasteiger partial charge in [0.2, 0.25) is 5.91 Å². The van der Waals surface area contributed by atoms with Gasteiger partial charge >= 0.3 is 6.03 Å². The molecule has 0 aromatic heterocycles. The number of carbonyl (C=O) groups excluding carboxylic acids is 2. The first kappa shape index (κ1) is 12.9. The first-order chi connectivity index (χ1) is 7.67. The molecule has 92 valence electrons. The molecule has 0 spiro atoms. The monoisotopic (exact) mass is 229 g/mol. The largest absolute Gasteiger partial charge is 0.395 e. The molecule has 0 radical (unpaired) electrons. The van der Waals surface area contributed by atoms with Crippen LogP contribution in [0.25, 0.3) is 0 Å². The Morgan fingerprint density at radius 3 is 2.56 bits per heavy atom. The van der Waals surface area contributed by atoms with Crippen LogP contribution >= 0.6 is 0 Å². The molecule has 6 nitrogen and oxygen atoms in total. The third kappa shape index (κ3) is 3.79. The van der Waals surface area contributed by atoms with Gasteiger partial charge in [-0.05, 0) is 12.8 Å². The molecule has 1 aliphatic carbocycles. The van der Waals surface area contributed by atoms with Crippen LogP contribution in [0.2, 0.25) is 0 Å². The van der Waals surface area contributed by atoms with E-state index < -0.39 is 6.03 Å². The van der Waals surface area contributed by atoms with Gasteiger partial charge in [-0.15, -0.1) is 0 Å². The van der Waals surface area contributed by atoms with E-state index in [-0.39, 0.29) is 19.1 Å². The SMILES string of the molecule is CNC(=O)NC(=O)CN(CCO)C1CCC1. The van der Waals surface area contributed by atoms with Crippen LogP contribution in [0.3, 0.4) is 0 Å². The van der Waals surface area contributed by atoms with E-state index in [1.807, 2.05) is 4.90 Å². The molecule has 0 aromatic rings. The van der Waals surface area contributed by atoms with E-state index in [4.69, 9.17) is 5.11 Å². The summed E-state index contributed by atoms with van der Waals surface area (Å²) in [5.74, 6) is -0.334. The highest BCUT2D eigenvalue weighted by Crippen LogP contribution is 2.24. The zero-order valence-corrected chi connectivity index (χ0v) is 9.53. The Kier molecular flexibility index (Phi) is 5.21. The molecule has 3 N–H and O–H groups in total. The second-order valence-electron chi connectivity index (χ2n) is 3.91. The lowest BCUT2D eigenvalue weighted by atomic mass is 9.91. The normalized spacial score (nSPS) is 15.7. The number of aliphatic hydroxyl groups excluding tert-OH is 1. The van der Waals surface area contributed by atoms with E-state index in [9.17, 15) is 9.59 Å². The van der Waals surface area contributed by atoms with Crippen molar-refractivity contribution in [2.24, 2.45) is 0 Å². The summed E-state index contributed by atoms with van der Waals surface area (Å²) in [6, 6.07) is -0.120. The summed E-state index contributed by atoms with van der Waals surface area (Å²) in [5.41, 5.74) is 0. The van der Waals surface area contributed by atoms with Crippen molar-refractivity contribution in [3.63, 3.8) is 0 Å². The number of hydrogen-bond donors (Lipinski definition) is 3. The number of aliphatic hydroxyl groups is 1. The lowest BCUT2D eigenvalue weighted by Gasteiger charge is -2.36. The Morgan fingerprint density at radius 1 is 1.44 bits per heavy atom. The van der Waals surface area contributed by atoms with Crippen LogP contribution in [0, 0.1) is 0 Å². The van der Waals surface area contributed by atoms with E-state index in [2.05, 4.69) is 10.6 Å². The molecule has 6 heteroatoms. The molecule has 1 aliphatic rings. The minimum Gasteiger partial charge on any atom is -0.395 e. The summed E-state index contributed by atoms with van der Waals surface area (Å²) in [4.78, 5) is 24.3. The van der Waals surface area contributed by atoms with Crippen LogP contribution in [0.1, 0.15) is 19.3 Å². The maximum Gasteiger partial charge on any atom is 0.321 e. The van der Waals surface area contributed by atoms with Crippen LogP contribution in [0.4, 0.5) is 4.79 Å². The number of imide groups is 1. The van der Waals surface area contributed by atoms with Crippen molar-refractivity contribution in [1.82, 2.24) is 15.5 Å². The van der Waals surface area contributed by atoms with E-state index >= 15 is 0 Å². The summed E-state index contributed by atoms with van der Waals surface area (Å²) in [6.07, 6.45) is 3.30. The van der Waals surface area contributed by atoms with Crippen molar-refractivity contribution in [2.75, 3.05) is 26.7 Å². The topological polar surface area (TPSA) is 81.7 Å². The third-order valence-corrected chi connectivity index (χ3v) is 2.81. The molecule has 1 rings (SSSR count). The van der Waals surface area contributed by atoms with Gasteiger partial charge in [-0.25, -0.2) is 4.79 Å². The molecule has 0 saturated heterocycles. The van der Waals surface area contributed by atoms with E-state index in [1.54, 1.807) is 0 Å². The molecule has 3 amide bonds. The van der Waals surface area contributed by atoms with Gasteiger partial charge in [0.05, 0.1) is 13.2 Å². The Hall–Kier alpha value is -1.14. The number of amides is 3. The fourth-order valence-electron chi connectivity index (χ4n) is 1.68. The van der Waals surface area contributed by atoms with Crippen LogP contribution in [-0.4, -0.2) is 54.7 Å². The maximum absolute atomic E-state index is 11.4. The first-order valence-electron chi connectivity index (χ1n) is 5.54. The number of nitrogens with one attached hydrogen (secondary N) is 2. The summed E-state index contributed by atoms with van der Waals surface area (Å²) < 4.78 is 0. The fourth-order valence-corrected chi connectivity index (χ4v) is 1.68. The molecule has 0 heterocycles. The fraction of sp³-hybridized carbons (Fsp3) is 0.800. The molecular formula is C10H19N3O3. The third-order valence-electron chi connectivity index (χ3n) is 2.81. The van der Waals surface area contributed by atoms with Gasteiger partial charge in [0.25, 0.3) is 0 Å². The summed E-state index contributed by atoms with van der Waals surface area (Å²) >= 11 is 0. The first-order valence-corrected chi connectivity index (χ1v) is 5.54. The minimum atomic E-state index is -0.498. The number of urea groups is 1. The Labute approximate surface area is 95.0 Å². The quantitative estimate of drug-likeness (QED) is 0.581. The Balaban J connectivity index is 2.35. The van der Waals surface area contributed by atoms with Gasteiger partial charge in [-0.1, -0.05) is 6.42 Å². The standard InChI is InChI=1S/C10H19N3O3/c1-11-10(16)12-9(15)7-13(5-6-14)8-3-2-4-8/h8,14H,2-7H2,1H3,(H2,11,12,15,16). The van der Waals surface area contributed by atoms with Gasteiger partial charge in [0, 0.05) is 19.6 Å². The van der Waals surface area contributed by atoms with Crippen LogP contribution in [0.15, 0.2) is 0 Å². The minimum absolute atomic E-state index is 0.0315. The van der Waals surface area contributed by atoms with Gasteiger partial charge in [0.1, 0.15) is 0 Å². The highest BCUT2D eigenvalue weighted by atomic mass is 16.3. The average molecular weight is 229 g/mol. The van der Waals surface area contributed by atoms with Crippen molar-refractivity contribution in [1.29, 1.82) is 0 Å². The van der Waals surface area contributed by atoms with Crippen LogP contribution < -0.4 is 10.6 Å². The number of nitrogens with zero attached hydrogens (tertiary/aromatic N) is 1. The van der Waals surface area contributed by atoms with Crippen LogP contribution in [-0.2, 0) is 4.79 Å². The van der Waals surface area contributed by atoms with Crippen molar-refractivity contribution in [2.45, 2.75) is 25.3 Å². The highest BCUT2D eigenvalue weighted by molar-refractivity contribution is 5.95. The average Bonchev–Trinajstić information content (AvgIpc) is 2.15. The second-order valence-corrected chi connectivity index (χ2v) is 3.91.